The first-order valence-corrected chi connectivity index (χ1v) is 5.46. The van der Waals surface area contributed by atoms with Crippen molar-refractivity contribution in [2.75, 3.05) is 12.4 Å². The molecule has 3 N–H and O–H groups in total. The van der Waals surface area contributed by atoms with Gasteiger partial charge < -0.3 is 20.3 Å². The Morgan fingerprint density at radius 3 is 2.71 bits per heavy atom. The van der Waals surface area contributed by atoms with Gasteiger partial charge in [0.15, 0.2) is 0 Å². The van der Waals surface area contributed by atoms with Gasteiger partial charge in [-0.05, 0) is 25.0 Å². The summed E-state index contributed by atoms with van der Waals surface area (Å²) in [6, 6.07) is 4.92. The molecule has 0 amide bonds. The van der Waals surface area contributed by atoms with Crippen molar-refractivity contribution in [2.45, 2.75) is 25.0 Å². The molecule has 5 nitrogen and oxygen atoms in total. The van der Waals surface area contributed by atoms with E-state index in [1.54, 1.807) is 12.1 Å². The Hall–Kier alpha value is -1.75. The van der Waals surface area contributed by atoms with E-state index in [9.17, 15) is 9.90 Å². The van der Waals surface area contributed by atoms with E-state index in [-0.39, 0.29) is 17.7 Å². The van der Waals surface area contributed by atoms with Gasteiger partial charge in [-0.1, -0.05) is 0 Å². The Kier molecular flexibility index (Phi) is 3.19. The number of hydrogen-bond donors (Lipinski definition) is 3. The van der Waals surface area contributed by atoms with Crippen molar-refractivity contribution in [3.05, 3.63) is 23.8 Å². The van der Waals surface area contributed by atoms with Crippen LogP contribution in [-0.4, -0.2) is 35.4 Å². The van der Waals surface area contributed by atoms with Crippen LogP contribution in [0.2, 0.25) is 0 Å². The minimum absolute atomic E-state index is 0.134. The molecule has 92 valence electrons. The third-order valence-corrected chi connectivity index (χ3v) is 2.93. The molecule has 5 heteroatoms. The monoisotopic (exact) mass is 237 g/mol. The highest BCUT2D eigenvalue weighted by molar-refractivity contribution is 5.94. The summed E-state index contributed by atoms with van der Waals surface area (Å²) in [6.07, 6.45) is 1.03. The van der Waals surface area contributed by atoms with E-state index in [4.69, 9.17) is 9.84 Å². The standard InChI is InChI=1S/C12H15NO4/c1-17-9-2-3-10(12(15)16)11(6-9)13-7-4-8(14)5-7/h2-3,6-8,13-14H,4-5H2,1H3,(H,15,16). The molecule has 0 radical (unpaired) electrons. The molecule has 0 heterocycles. The van der Waals surface area contributed by atoms with E-state index in [0.717, 1.165) is 0 Å². The van der Waals surface area contributed by atoms with Crippen molar-refractivity contribution in [3.63, 3.8) is 0 Å². The molecular formula is C12H15NO4. The summed E-state index contributed by atoms with van der Waals surface area (Å²) >= 11 is 0. The van der Waals surface area contributed by atoms with Crippen LogP contribution in [0.4, 0.5) is 5.69 Å². The van der Waals surface area contributed by atoms with Crippen LogP contribution < -0.4 is 10.1 Å². The number of carboxylic acid groups (broad SMARTS) is 1. The number of carboxylic acids is 1. The van der Waals surface area contributed by atoms with Crippen molar-refractivity contribution in [3.8, 4) is 5.75 Å². The summed E-state index contributed by atoms with van der Waals surface area (Å²) < 4.78 is 5.06. The number of rotatable bonds is 4. The maximum atomic E-state index is 11.0. The molecular weight excluding hydrogens is 222 g/mol. The highest BCUT2D eigenvalue weighted by Crippen LogP contribution is 2.28. The average Bonchev–Trinajstić information content (AvgIpc) is 2.26. The highest BCUT2D eigenvalue weighted by atomic mass is 16.5. The molecule has 1 aromatic carbocycles. The van der Waals surface area contributed by atoms with Gasteiger partial charge >= 0.3 is 5.97 Å². The fourth-order valence-corrected chi connectivity index (χ4v) is 1.88. The van der Waals surface area contributed by atoms with Gasteiger partial charge in [-0.15, -0.1) is 0 Å². The van der Waals surface area contributed by atoms with Crippen molar-refractivity contribution in [2.24, 2.45) is 0 Å². The number of ether oxygens (including phenoxy) is 1. The zero-order valence-electron chi connectivity index (χ0n) is 9.51. The van der Waals surface area contributed by atoms with E-state index in [1.807, 2.05) is 0 Å². The smallest absolute Gasteiger partial charge is 0.337 e. The number of aliphatic hydroxyl groups excluding tert-OH is 1. The molecule has 0 unspecified atom stereocenters. The lowest BCUT2D eigenvalue weighted by atomic mass is 9.89. The van der Waals surface area contributed by atoms with E-state index in [2.05, 4.69) is 5.32 Å². The van der Waals surface area contributed by atoms with Gasteiger partial charge in [-0.2, -0.15) is 0 Å². The molecule has 1 fully saturated rings. The molecule has 17 heavy (non-hydrogen) atoms. The van der Waals surface area contributed by atoms with Crippen molar-refractivity contribution in [1.29, 1.82) is 0 Å². The molecule has 0 aliphatic heterocycles. The topological polar surface area (TPSA) is 78.8 Å². The van der Waals surface area contributed by atoms with Crippen LogP contribution in [0.25, 0.3) is 0 Å². The molecule has 0 aromatic heterocycles. The van der Waals surface area contributed by atoms with E-state index >= 15 is 0 Å². The maximum Gasteiger partial charge on any atom is 0.337 e. The molecule has 0 bridgehead atoms. The number of methoxy groups -OCH3 is 1. The first-order chi connectivity index (χ1) is 8.10. The van der Waals surface area contributed by atoms with E-state index in [0.29, 0.717) is 24.3 Å². The predicted molar refractivity (Wildman–Crippen MR) is 62.6 cm³/mol. The predicted octanol–water partition coefficient (Wildman–Crippen LogP) is 1.33. The first-order valence-electron chi connectivity index (χ1n) is 5.46. The second kappa shape index (κ2) is 4.63. The summed E-state index contributed by atoms with van der Waals surface area (Å²) in [4.78, 5) is 11.0. The van der Waals surface area contributed by atoms with Gasteiger partial charge in [-0.3, -0.25) is 0 Å². The summed E-state index contributed by atoms with van der Waals surface area (Å²) in [5, 5.41) is 21.4. The van der Waals surface area contributed by atoms with Gasteiger partial charge in [0.2, 0.25) is 0 Å². The number of benzene rings is 1. The van der Waals surface area contributed by atoms with Crippen LogP contribution >= 0.6 is 0 Å². The normalized spacial score (nSPS) is 22.7. The van der Waals surface area contributed by atoms with Crippen molar-refractivity contribution in [1.82, 2.24) is 0 Å². The van der Waals surface area contributed by atoms with Gasteiger partial charge in [0.05, 0.1) is 24.5 Å². The van der Waals surface area contributed by atoms with Crippen LogP contribution in [0.1, 0.15) is 23.2 Å². The van der Waals surface area contributed by atoms with Crippen LogP contribution in [0.15, 0.2) is 18.2 Å². The summed E-state index contributed by atoms with van der Waals surface area (Å²) in [5.74, 6) is -0.368. The molecule has 1 aliphatic carbocycles. The number of carbonyl (C=O) groups is 1. The van der Waals surface area contributed by atoms with Crippen molar-refractivity contribution >= 4 is 11.7 Å². The number of aliphatic hydroxyl groups is 1. The van der Waals surface area contributed by atoms with Crippen LogP contribution in [-0.2, 0) is 0 Å². The van der Waals surface area contributed by atoms with Gasteiger partial charge in [0, 0.05) is 12.1 Å². The summed E-state index contributed by atoms with van der Waals surface area (Å²) in [6.45, 7) is 0. The van der Waals surface area contributed by atoms with Gasteiger partial charge in [-0.25, -0.2) is 4.79 Å². The SMILES string of the molecule is COc1ccc(C(=O)O)c(NC2CC(O)C2)c1. The summed E-state index contributed by atoms with van der Waals surface area (Å²) in [5.41, 5.74) is 0.751. The lowest BCUT2D eigenvalue weighted by molar-refractivity contribution is 0.0697. The molecule has 0 atom stereocenters. The summed E-state index contributed by atoms with van der Waals surface area (Å²) in [7, 11) is 1.53. The molecule has 1 aliphatic rings. The van der Waals surface area contributed by atoms with Crippen LogP contribution in [0.5, 0.6) is 5.75 Å². The number of aromatic carboxylic acids is 1. The molecule has 0 spiro atoms. The zero-order chi connectivity index (χ0) is 12.4. The molecule has 2 rings (SSSR count). The zero-order valence-corrected chi connectivity index (χ0v) is 9.51. The lowest BCUT2D eigenvalue weighted by Gasteiger charge is -2.33. The quantitative estimate of drug-likeness (QED) is 0.736. The Bertz CT molecular complexity index is 427. The van der Waals surface area contributed by atoms with Crippen molar-refractivity contribution < 1.29 is 19.7 Å². The van der Waals surface area contributed by atoms with Gasteiger partial charge in [0.25, 0.3) is 0 Å². The van der Waals surface area contributed by atoms with Gasteiger partial charge in [0.1, 0.15) is 5.75 Å². The van der Waals surface area contributed by atoms with E-state index < -0.39 is 5.97 Å². The second-order valence-corrected chi connectivity index (χ2v) is 4.18. The average molecular weight is 237 g/mol. The Balaban J connectivity index is 2.19. The Morgan fingerprint density at radius 1 is 1.47 bits per heavy atom. The first kappa shape index (κ1) is 11.7. The van der Waals surface area contributed by atoms with E-state index in [1.165, 1.54) is 13.2 Å². The fraction of sp³-hybridized carbons (Fsp3) is 0.417. The Morgan fingerprint density at radius 2 is 2.18 bits per heavy atom. The fourth-order valence-electron chi connectivity index (χ4n) is 1.88. The minimum Gasteiger partial charge on any atom is -0.497 e. The highest BCUT2D eigenvalue weighted by Gasteiger charge is 2.28. The third kappa shape index (κ3) is 2.50. The lowest BCUT2D eigenvalue weighted by Crippen LogP contribution is -2.39. The number of anilines is 1. The Labute approximate surface area is 99.0 Å². The number of hydrogen-bond acceptors (Lipinski definition) is 4. The molecule has 0 saturated heterocycles. The molecule has 1 aromatic rings. The van der Waals surface area contributed by atoms with Crippen LogP contribution in [0, 0.1) is 0 Å². The molecule has 1 saturated carbocycles. The second-order valence-electron chi connectivity index (χ2n) is 4.18. The van der Waals surface area contributed by atoms with Crippen LogP contribution in [0.3, 0.4) is 0 Å². The number of nitrogens with one attached hydrogen (secondary N) is 1. The third-order valence-electron chi connectivity index (χ3n) is 2.93. The largest absolute Gasteiger partial charge is 0.497 e. The minimum atomic E-state index is -0.977. The maximum absolute atomic E-state index is 11.0.